The van der Waals surface area contributed by atoms with Crippen LogP contribution < -0.4 is 4.74 Å². The Morgan fingerprint density at radius 3 is 3.00 bits per heavy atom. The molecule has 2 aliphatic rings. The second-order valence-electron chi connectivity index (χ2n) is 5.73. The first kappa shape index (κ1) is 15.0. The number of methoxy groups -OCH3 is 1. The fraction of sp³-hybridized carbons (Fsp3) is 0.562. The average molecular weight is 355 g/mol. The van der Waals surface area contributed by atoms with Gasteiger partial charge in [-0.2, -0.15) is 0 Å². The van der Waals surface area contributed by atoms with Crippen LogP contribution >= 0.6 is 15.9 Å². The Morgan fingerprint density at radius 1 is 1.43 bits per heavy atom. The third-order valence-electron chi connectivity index (χ3n) is 4.37. The van der Waals surface area contributed by atoms with Gasteiger partial charge >= 0.3 is 0 Å². The highest BCUT2D eigenvalue weighted by Gasteiger charge is 2.43. The molecule has 0 amide bonds. The van der Waals surface area contributed by atoms with Gasteiger partial charge in [0.1, 0.15) is 5.75 Å². The van der Waals surface area contributed by atoms with Crippen molar-refractivity contribution < 1.29 is 19.0 Å². The highest BCUT2D eigenvalue weighted by atomic mass is 79.9. The fourth-order valence-electron chi connectivity index (χ4n) is 3.15. The van der Waals surface area contributed by atoms with Crippen LogP contribution in [0.1, 0.15) is 29.6 Å². The molecule has 0 aromatic heterocycles. The molecular formula is C16H19BrO4. The van der Waals surface area contributed by atoms with Crippen LogP contribution in [0.15, 0.2) is 22.7 Å². The van der Waals surface area contributed by atoms with Crippen molar-refractivity contribution in [3.8, 4) is 5.75 Å². The van der Waals surface area contributed by atoms with Gasteiger partial charge in [0.05, 0.1) is 19.3 Å². The summed E-state index contributed by atoms with van der Waals surface area (Å²) >= 11 is 3.47. The second-order valence-corrected chi connectivity index (χ2v) is 6.59. The smallest absolute Gasteiger partial charge is 0.167 e. The van der Waals surface area contributed by atoms with Crippen LogP contribution in [-0.4, -0.2) is 38.3 Å². The number of hydrogen-bond donors (Lipinski definition) is 0. The van der Waals surface area contributed by atoms with Crippen LogP contribution in [-0.2, 0) is 9.47 Å². The van der Waals surface area contributed by atoms with Crippen LogP contribution in [0.25, 0.3) is 0 Å². The molecule has 3 rings (SSSR count). The normalized spacial score (nSPS) is 28.8. The van der Waals surface area contributed by atoms with Gasteiger partial charge in [-0.25, -0.2) is 0 Å². The van der Waals surface area contributed by atoms with E-state index in [1.54, 1.807) is 13.2 Å². The Bertz CT molecular complexity index is 537. The molecular weight excluding hydrogens is 336 g/mol. The molecule has 0 radical (unpaired) electrons. The lowest BCUT2D eigenvalue weighted by molar-refractivity contribution is -0.0920. The van der Waals surface area contributed by atoms with E-state index in [0.717, 1.165) is 30.3 Å². The Labute approximate surface area is 132 Å². The molecule has 1 aromatic rings. The summed E-state index contributed by atoms with van der Waals surface area (Å²) in [5.74, 6) is 0.853. The Balaban J connectivity index is 1.81. The van der Waals surface area contributed by atoms with E-state index in [1.807, 2.05) is 12.1 Å². The molecule has 21 heavy (non-hydrogen) atoms. The van der Waals surface area contributed by atoms with Crippen molar-refractivity contribution in [1.29, 1.82) is 0 Å². The van der Waals surface area contributed by atoms with E-state index in [-0.39, 0.29) is 17.3 Å². The SMILES string of the molecule is COc1ccc(Br)c(C(=O)C2CCOC3(CCOC3)C2)c1. The highest BCUT2D eigenvalue weighted by molar-refractivity contribution is 9.10. The molecule has 2 unspecified atom stereocenters. The van der Waals surface area contributed by atoms with E-state index in [9.17, 15) is 4.79 Å². The van der Waals surface area contributed by atoms with Gasteiger partial charge in [-0.3, -0.25) is 4.79 Å². The number of rotatable bonds is 3. The molecule has 2 heterocycles. The monoisotopic (exact) mass is 354 g/mol. The molecule has 2 fully saturated rings. The van der Waals surface area contributed by atoms with Gasteiger partial charge in [-0.1, -0.05) is 15.9 Å². The number of benzene rings is 1. The molecule has 0 aliphatic carbocycles. The van der Waals surface area contributed by atoms with Gasteiger partial charge in [0.15, 0.2) is 5.78 Å². The van der Waals surface area contributed by atoms with Crippen molar-refractivity contribution in [2.24, 2.45) is 5.92 Å². The van der Waals surface area contributed by atoms with Gasteiger partial charge < -0.3 is 14.2 Å². The maximum atomic E-state index is 12.8. The lowest BCUT2D eigenvalue weighted by Gasteiger charge is -2.36. The van der Waals surface area contributed by atoms with E-state index in [2.05, 4.69) is 15.9 Å². The van der Waals surface area contributed by atoms with Crippen LogP contribution in [0.3, 0.4) is 0 Å². The summed E-state index contributed by atoms with van der Waals surface area (Å²) in [6.45, 7) is 1.96. The molecule has 1 spiro atoms. The van der Waals surface area contributed by atoms with E-state index in [0.29, 0.717) is 24.5 Å². The zero-order chi connectivity index (χ0) is 14.9. The molecule has 2 saturated heterocycles. The Kier molecular flexibility index (Phi) is 4.33. The zero-order valence-electron chi connectivity index (χ0n) is 12.1. The lowest BCUT2D eigenvalue weighted by atomic mass is 9.81. The molecule has 0 saturated carbocycles. The minimum Gasteiger partial charge on any atom is -0.497 e. The predicted molar refractivity (Wildman–Crippen MR) is 81.9 cm³/mol. The predicted octanol–water partition coefficient (Wildman–Crippen LogP) is 3.23. The first-order valence-corrected chi connectivity index (χ1v) is 8.02. The van der Waals surface area contributed by atoms with Gasteiger partial charge in [0, 0.05) is 35.6 Å². The number of hydrogen-bond acceptors (Lipinski definition) is 4. The van der Waals surface area contributed by atoms with E-state index in [1.165, 1.54) is 0 Å². The van der Waals surface area contributed by atoms with Gasteiger partial charge in [0.25, 0.3) is 0 Å². The van der Waals surface area contributed by atoms with Gasteiger partial charge in [-0.15, -0.1) is 0 Å². The maximum Gasteiger partial charge on any atom is 0.167 e. The van der Waals surface area contributed by atoms with Crippen molar-refractivity contribution in [3.05, 3.63) is 28.2 Å². The maximum absolute atomic E-state index is 12.8. The second kappa shape index (κ2) is 6.07. The quantitative estimate of drug-likeness (QED) is 0.781. The summed E-state index contributed by atoms with van der Waals surface area (Å²) in [4.78, 5) is 12.8. The molecule has 0 N–H and O–H groups in total. The number of ether oxygens (including phenoxy) is 3. The number of carbonyl (C=O) groups is 1. The number of halogens is 1. The average Bonchev–Trinajstić information content (AvgIpc) is 2.95. The van der Waals surface area contributed by atoms with Crippen molar-refractivity contribution in [2.45, 2.75) is 24.9 Å². The topological polar surface area (TPSA) is 44.8 Å². The molecule has 0 bridgehead atoms. The molecule has 2 aliphatic heterocycles. The van der Waals surface area contributed by atoms with E-state index >= 15 is 0 Å². The number of carbonyl (C=O) groups excluding carboxylic acids is 1. The van der Waals surface area contributed by atoms with Crippen molar-refractivity contribution in [2.75, 3.05) is 26.9 Å². The minimum absolute atomic E-state index is 0.0103. The van der Waals surface area contributed by atoms with Crippen molar-refractivity contribution in [3.63, 3.8) is 0 Å². The van der Waals surface area contributed by atoms with Crippen LogP contribution in [0, 0.1) is 5.92 Å². The first-order valence-electron chi connectivity index (χ1n) is 7.23. The van der Waals surface area contributed by atoms with Crippen molar-refractivity contribution >= 4 is 21.7 Å². The number of Topliss-reactive ketones (excluding diaryl/α,β-unsaturated/α-hetero) is 1. The summed E-state index contributed by atoms with van der Waals surface area (Å²) in [7, 11) is 1.61. The lowest BCUT2D eigenvalue weighted by Crippen LogP contribution is -2.42. The van der Waals surface area contributed by atoms with Crippen LogP contribution in [0.5, 0.6) is 5.75 Å². The highest BCUT2D eigenvalue weighted by Crippen LogP contribution is 2.38. The van der Waals surface area contributed by atoms with Crippen LogP contribution in [0.4, 0.5) is 0 Å². The summed E-state index contributed by atoms with van der Waals surface area (Å²) in [5.41, 5.74) is 0.444. The summed E-state index contributed by atoms with van der Waals surface area (Å²) in [5, 5.41) is 0. The fourth-order valence-corrected chi connectivity index (χ4v) is 3.60. The minimum atomic E-state index is -0.246. The first-order chi connectivity index (χ1) is 10.1. The third-order valence-corrected chi connectivity index (χ3v) is 5.06. The van der Waals surface area contributed by atoms with E-state index in [4.69, 9.17) is 14.2 Å². The molecule has 2 atom stereocenters. The largest absolute Gasteiger partial charge is 0.497 e. The van der Waals surface area contributed by atoms with Crippen molar-refractivity contribution in [1.82, 2.24) is 0 Å². The Morgan fingerprint density at radius 2 is 2.29 bits per heavy atom. The summed E-state index contributed by atoms with van der Waals surface area (Å²) < 4.78 is 17.4. The third kappa shape index (κ3) is 3.00. The Hall–Kier alpha value is -0.910. The summed E-state index contributed by atoms with van der Waals surface area (Å²) in [6, 6.07) is 5.51. The van der Waals surface area contributed by atoms with Gasteiger partial charge in [0.2, 0.25) is 0 Å². The summed E-state index contributed by atoms with van der Waals surface area (Å²) in [6.07, 6.45) is 2.40. The standard InChI is InChI=1S/C16H19BrO4/c1-19-12-2-3-14(17)13(8-12)15(18)11-4-6-21-16(9-11)5-7-20-10-16/h2-3,8,11H,4-7,9-10H2,1H3. The molecule has 114 valence electrons. The zero-order valence-corrected chi connectivity index (χ0v) is 13.6. The van der Waals surface area contributed by atoms with Crippen LogP contribution in [0.2, 0.25) is 0 Å². The molecule has 4 nitrogen and oxygen atoms in total. The molecule has 1 aromatic carbocycles. The van der Waals surface area contributed by atoms with Gasteiger partial charge in [-0.05, 0) is 31.0 Å². The number of ketones is 1. The molecule has 5 heteroatoms. The van der Waals surface area contributed by atoms with E-state index < -0.39 is 0 Å².